The lowest BCUT2D eigenvalue weighted by Gasteiger charge is -2.24. The van der Waals surface area contributed by atoms with Gasteiger partial charge in [0, 0.05) is 0 Å². The molecule has 1 radical (unpaired) electrons. The number of hydrogen-bond acceptors (Lipinski definition) is 0. The molecule has 0 rings (SSSR count). The average molecular weight is 131 g/mol. The maximum atomic E-state index is 5.56. The summed E-state index contributed by atoms with van der Waals surface area (Å²) in [6.07, 6.45) is 0. The summed E-state index contributed by atoms with van der Waals surface area (Å²) in [7, 11) is 0. The lowest BCUT2D eigenvalue weighted by atomic mass is 9.64. The first kappa shape index (κ1) is 8.35. The first-order valence-electron chi connectivity index (χ1n) is 2.95. The predicted octanol–water partition coefficient (Wildman–Crippen LogP) is 2.70. The molecule has 0 aromatic carbocycles. The molecule has 0 amide bonds. The second-order valence-corrected chi connectivity index (χ2v) is 3.30. The molecule has 0 saturated carbocycles. The molecule has 0 unspecified atom stereocenters. The van der Waals surface area contributed by atoms with Gasteiger partial charge in [-0.15, -0.1) is 0 Å². The van der Waals surface area contributed by atoms with Gasteiger partial charge >= 0.3 is 0 Å². The summed E-state index contributed by atoms with van der Waals surface area (Å²) in [6.45, 7) is 10.3. The molecular formula is C6H13BCl. The van der Waals surface area contributed by atoms with Crippen LogP contribution in [-0.2, 0) is 0 Å². The molecular weight excluding hydrogens is 118 g/mol. The minimum Gasteiger partial charge on any atom is -0.203 e. The van der Waals surface area contributed by atoms with Crippen LogP contribution >= 0.6 is 11.5 Å². The van der Waals surface area contributed by atoms with Gasteiger partial charge in [0.25, 0.3) is 0 Å². The third kappa shape index (κ3) is 2.08. The van der Waals surface area contributed by atoms with Crippen molar-refractivity contribution in [2.75, 3.05) is 0 Å². The van der Waals surface area contributed by atoms with Crippen LogP contribution in [0.5, 0.6) is 0 Å². The predicted molar refractivity (Wildman–Crippen MR) is 40.5 cm³/mol. The summed E-state index contributed by atoms with van der Waals surface area (Å²) in [5.74, 6) is 0.625. The Balaban J connectivity index is 3.71. The van der Waals surface area contributed by atoms with Crippen LogP contribution < -0.4 is 0 Å². The highest BCUT2D eigenvalue weighted by atomic mass is 35.5. The standard InChI is InChI=1S/C6H13BCl/c1-5(2)6(3,4)7-8/h5H,1-4H3. The van der Waals surface area contributed by atoms with Gasteiger partial charge in [0.05, 0.1) is 0 Å². The van der Waals surface area contributed by atoms with Crippen LogP contribution in [0.4, 0.5) is 0 Å². The molecule has 8 heavy (non-hydrogen) atoms. The molecule has 0 nitrogen and oxygen atoms in total. The van der Waals surface area contributed by atoms with E-state index in [9.17, 15) is 0 Å². The van der Waals surface area contributed by atoms with Crippen LogP contribution in [0, 0.1) is 5.92 Å². The van der Waals surface area contributed by atoms with Crippen molar-refractivity contribution in [1.29, 1.82) is 0 Å². The smallest absolute Gasteiger partial charge is 0.203 e. The van der Waals surface area contributed by atoms with Crippen LogP contribution in [-0.4, -0.2) is 6.69 Å². The van der Waals surface area contributed by atoms with E-state index in [0.29, 0.717) is 5.92 Å². The first-order chi connectivity index (χ1) is 3.50. The molecule has 0 aliphatic rings. The molecule has 0 aliphatic heterocycles. The monoisotopic (exact) mass is 131 g/mol. The lowest BCUT2D eigenvalue weighted by Crippen LogP contribution is -2.15. The van der Waals surface area contributed by atoms with Crippen LogP contribution in [0.25, 0.3) is 0 Å². The second-order valence-electron chi connectivity index (χ2n) is 3.09. The first-order valence-corrected chi connectivity index (χ1v) is 3.39. The molecule has 0 spiro atoms. The van der Waals surface area contributed by atoms with Crippen LogP contribution in [0.1, 0.15) is 27.7 Å². The SMILES string of the molecule is CC(C)C(C)(C)[B]Cl. The Morgan fingerprint density at radius 2 is 1.75 bits per heavy atom. The average Bonchev–Trinajstić information content (AvgIpc) is 1.67. The van der Waals surface area contributed by atoms with E-state index in [0.717, 1.165) is 0 Å². The zero-order chi connectivity index (χ0) is 6.78. The highest BCUT2D eigenvalue weighted by Gasteiger charge is 2.21. The summed E-state index contributed by atoms with van der Waals surface area (Å²) < 4.78 is 0. The minimum absolute atomic E-state index is 0.182. The molecule has 0 N–H and O–H groups in total. The number of halogens is 1. The van der Waals surface area contributed by atoms with Gasteiger partial charge in [0.1, 0.15) is 0 Å². The molecule has 2 heteroatoms. The van der Waals surface area contributed by atoms with E-state index >= 15 is 0 Å². The molecule has 0 aromatic rings. The van der Waals surface area contributed by atoms with Crippen molar-refractivity contribution in [2.45, 2.75) is 33.0 Å². The molecule has 0 aromatic heterocycles. The van der Waals surface area contributed by atoms with Crippen molar-refractivity contribution < 1.29 is 0 Å². The van der Waals surface area contributed by atoms with Crippen molar-refractivity contribution in [1.82, 2.24) is 0 Å². The number of hydrogen-bond donors (Lipinski definition) is 0. The fourth-order valence-corrected chi connectivity index (χ4v) is 0.378. The van der Waals surface area contributed by atoms with Gasteiger partial charge in [-0.25, -0.2) is 11.5 Å². The van der Waals surface area contributed by atoms with Crippen molar-refractivity contribution in [3.05, 3.63) is 0 Å². The van der Waals surface area contributed by atoms with E-state index in [2.05, 4.69) is 27.7 Å². The van der Waals surface area contributed by atoms with Gasteiger partial charge in [-0.3, -0.25) is 0 Å². The third-order valence-electron chi connectivity index (χ3n) is 1.77. The quantitative estimate of drug-likeness (QED) is 0.506. The summed E-state index contributed by atoms with van der Waals surface area (Å²) in [6, 6.07) is 0. The van der Waals surface area contributed by atoms with Crippen molar-refractivity contribution in [2.24, 2.45) is 5.92 Å². The van der Waals surface area contributed by atoms with E-state index in [1.165, 1.54) is 0 Å². The van der Waals surface area contributed by atoms with Crippen molar-refractivity contribution >= 4 is 18.2 Å². The van der Waals surface area contributed by atoms with E-state index < -0.39 is 0 Å². The lowest BCUT2D eigenvalue weighted by molar-refractivity contribution is 0.478. The van der Waals surface area contributed by atoms with Crippen LogP contribution in [0.2, 0.25) is 5.31 Å². The Bertz CT molecular complexity index is 68.9. The zero-order valence-corrected chi connectivity index (χ0v) is 6.79. The molecule has 0 fully saturated rings. The van der Waals surface area contributed by atoms with E-state index in [4.69, 9.17) is 11.5 Å². The van der Waals surface area contributed by atoms with Crippen LogP contribution in [0.3, 0.4) is 0 Å². The fourth-order valence-electron chi connectivity index (χ4n) is 0.126. The van der Waals surface area contributed by atoms with Gasteiger partial charge in [-0.1, -0.05) is 27.7 Å². The van der Waals surface area contributed by atoms with Gasteiger partial charge in [-0.05, 0) is 11.2 Å². The summed E-state index contributed by atoms with van der Waals surface area (Å²) >= 11 is 5.56. The molecule has 0 atom stereocenters. The zero-order valence-electron chi connectivity index (χ0n) is 6.03. The topological polar surface area (TPSA) is 0 Å². The van der Waals surface area contributed by atoms with E-state index in [1.807, 2.05) is 0 Å². The third-order valence-corrected chi connectivity index (χ3v) is 2.33. The van der Waals surface area contributed by atoms with Crippen molar-refractivity contribution in [3.8, 4) is 0 Å². The van der Waals surface area contributed by atoms with E-state index in [-0.39, 0.29) is 5.31 Å². The maximum Gasteiger partial charge on any atom is 0.244 e. The van der Waals surface area contributed by atoms with Gasteiger partial charge in [0.2, 0.25) is 6.69 Å². The largest absolute Gasteiger partial charge is 0.244 e. The summed E-state index contributed by atoms with van der Waals surface area (Å²) in [5.41, 5.74) is 0. The van der Waals surface area contributed by atoms with Gasteiger partial charge < -0.3 is 0 Å². The molecule has 0 heterocycles. The Morgan fingerprint density at radius 1 is 1.38 bits per heavy atom. The molecule has 0 aliphatic carbocycles. The maximum absolute atomic E-state index is 5.56. The Kier molecular flexibility index (Phi) is 2.89. The Morgan fingerprint density at radius 3 is 1.75 bits per heavy atom. The second kappa shape index (κ2) is 2.77. The summed E-state index contributed by atoms with van der Waals surface area (Å²) in [4.78, 5) is 0. The van der Waals surface area contributed by atoms with E-state index in [1.54, 1.807) is 6.69 Å². The Hall–Kier alpha value is 0.355. The number of rotatable bonds is 2. The summed E-state index contributed by atoms with van der Waals surface area (Å²) in [5, 5.41) is 0.182. The minimum atomic E-state index is 0.182. The van der Waals surface area contributed by atoms with Crippen LogP contribution in [0.15, 0.2) is 0 Å². The normalized spacial score (nSPS) is 12.2. The van der Waals surface area contributed by atoms with Gasteiger partial charge in [0.15, 0.2) is 0 Å². The fraction of sp³-hybridized carbons (Fsp3) is 1.00. The molecule has 0 saturated heterocycles. The Labute approximate surface area is 57.8 Å². The van der Waals surface area contributed by atoms with Crippen molar-refractivity contribution in [3.63, 3.8) is 0 Å². The molecule has 47 valence electrons. The molecule has 0 bridgehead atoms. The van der Waals surface area contributed by atoms with Gasteiger partial charge in [-0.2, -0.15) is 0 Å². The highest BCUT2D eigenvalue weighted by Crippen LogP contribution is 2.33. The highest BCUT2D eigenvalue weighted by molar-refractivity contribution is 6.95.